The number of nitrogens with two attached hydrogens (primary N) is 1. The summed E-state index contributed by atoms with van der Waals surface area (Å²) in [6, 6.07) is 5.11. The third kappa shape index (κ3) is 11.1. The van der Waals surface area contributed by atoms with Crippen molar-refractivity contribution in [2.24, 2.45) is 5.73 Å². The van der Waals surface area contributed by atoms with Gasteiger partial charge in [-0.15, -0.1) is 0 Å². The van der Waals surface area contributed by atoms with Crippen molar-refractivity contribution in [3.05, 3.63) is 42.0 Å². The van der Waals surface area contributed by atoms with E-state index in [9.17, 15) is 19.2 Å². The first-order valence-corrected chi connectivity index (χ1v) is 12.9. The molecule has 4 amide bonds. The Morgan fingerprint density at radius 3 is 2.32 bits per heavy atom. The van der Waals surface area contributed by atoms with Crippen LogP contribution in [-0.4, -0.2) is 52.9 Å². The van der Waals surface area contributed by atoms with Crippen LogP contribution in [0.15, 0.2) is 30.8 Å². The number of amides is 4. The van der Waals surface area contributed by atoms with Gasteiger partial charge in [-0.1, -0.05) is 51.1 Å². The zero-order chi connectivity index (χ0) is 28.2. The van der Waals surface area contributed by atoms with Gasteiger partial charge in [0.1, 0.15) is 17.7 Å². The lowest BCUT2D eigenvalue weighted by molar-refractivity contribution is -0.143. The molecular weight excluding hydrogens is 472 g/mol. The number of nitrogens with zero attached hydrogens (tertiary/aromatic N) is 1. The van der Waals surface area contributed by atoms with Gasteiger partial charge in [0.15, 0.2) is 0 Å². The van der Waals surface area contributed by atoms with Gasteiger partial charge in [-0.25, -0.2) is 4.79 Å². The molecule has 0 aliphatic rings. The Morgan fingerprint density at radius 2 is 1.78 bits per heavy atom. The number of ether oxygens (including phenoxy) is 1. The van der Waals surface area contributed by atoms with Crippen LogP contribution in [0.5, 0.6) is 0 Å². The Kier molecular flexibility index (Phi) is 12.9. The minimum atomic E-state index is -1.11. The van der Waals surface area contributed by atoms with Crippen LogP contribution in [0.3, 0.4) is 0 Å². The maximum absolute atomic E-state index is 13.9. The molecule has 0 saturated carbocycles. The average Bonchev–Trinajstić information content (AvgIpc) is 2.80. The normalized spacial score (nSPS) is 13.6. The van der Waals surface area contributed by atoms with Gasteiger partial charge >= 0.3 is 6.09 Å². The summed E-state index contributed by atoms with van der Waals surface area (Å²) < 4.78 is 5.34. The molecule has 4 N–H and O–H groups in total. The van der Waals surface area contributed by atoms with Gasteiger partial charge in [0.2, 0.25) is 17.7 Å². The second kappa shape index (κ2) is 15.0. The first-order valence-electron chi connectivity index (χ1n) is 12.9. The van der Waals surface area contributed by atoms with E-state index >= 15 is 0 Å². The summed E-state index contributed by atoms with van der Waals surface area (Å²) in [7, 11) is 0. The smallest absolute Gasteiger partial charge is 0.408 e. The number of nitrogens with one attached hydrogen (secondary N) is 2. The fourth-order valence-electron chi connectivity index (χ4n) is 3.96. The summed E-state index contributed by atoms with van der Waals surface area (Å²) in [6.07, 6.45) is 2.97. The highest BCUT2D eigenvalue weighted by Gasteiger charge is 2.36. The molecule has 0 aliphatic carbocycles. The van der Waals surface area contributed by atoms with Crippen LogP contribution in [0.25, 0.3) is 6.08 Å². The number of hydrogen-bond donors (Lipinski definition) is 3. The second-order valence-electron chi connectivity index (χ2n) is 10.2. The molecular formula is C28H44N4O5. The number of primary amides is 1. The highest BCUT2D eigenvalue weighted by Crippen LogP contribution is 2.25. The predicted molar refractivity (Wildman–Crippen MR) is 145 cm³/mol. The minimum Gasteiger partial charge on any atom is -0.444 e. The molecule has 0 aliphatic heterocycles. The summed E-state index contributed by atoms with van der Waals surface area (Å²) in [6.45, 7) is 15.0. The third-order valence-electron chi connectivity index (χ3n) is 5.55. The van der Waals surface area contributed by atoms with E-state index in [1.807, 2.05) is 32.9 Å². The summed E-state index contributed by atoms with van der Waals surface area (Å²) in [5, 5.41) is 5.62. The van der Waals surface area contributed by atoms with Crippen molar-refractivity contribution in [1.29, 1.82) is 0 Å². The highest BCUT2D eigenvalue weighted by atomic mass is 16.6. The molecule has 1 aromatic carbocycles. The van der Waals surface area contributed by atoms with E-state index in [1.54, 1.807) is 39.0 Å². The standard InChI is InChI=1S/C28H44N4O5/c1-8-12-19(4)30-25(34)24(21-14-11-13-20(10-3)18-21)32(17-9-2)26(35)22(15-16-23(29)33)31-27(36)37-28(5,6)7/h10-11,13-14,18-19,22,24H,3,8-9,12,15-17H2,1-2,4-7H3,(H2,29,33)(H,30,34)(H,31,36). The number of carbonyl (C=O) groups is 4. The van der Waals surface area contributed by atoms with Gasteiger partial charge in [0.05, 0.1) is 0 Å². The van der Waals surface area contributed by atoms with E-state index < -0.39 is 35.6 Å². The zero-order valence-corrected chi connectivity index (χ0v) is 23.1. The zero-order valence-electron chi connectivity index (χ0n) is 23.1. The highest BCUT2D eigenvalue weighted by molar-refractivity contribution is 5.92. The Morgan fingerprint density at radius 1 is 1.11 bits per heavy atom. The molecule has 0 fully saturated rings. The molecule has 3 atom stereocenters. The molecule has 0 saturated heterocycles. The number of benzene rings is 1. The number of alkyl carbamates (subject to hydrolysis) is 1. The van der Waals surface area contributed by atoms with E-state index in [2.05, 4.69) is 17.2 Å². The van der Waals surface area contributed by atoms with E-state index in [-0.39, 0.29) is 31.3 Å². The van der Waals surface area contributed by atoms with Crippen molar-refractivity contribution in [2.45, 2.75) is 97.4 Å². The number of carbonyl (C=O) groups excluding carboxylic acids is 4. The summed E-state index contributed by atoms with van der Waals surface area (Å²) in [5.41, 5.74) is 5.98. The van der Waals surface area contributed by atoms with Gasteiger partial charge in [0.25, 0.3) is 0 Å². The van der Waals surface area contributed by atoms with Crippen LogP contribution in [0.2, 0.25) is 0 Å². The Balaban J connectivity index is 3.49. The lowest BCUT2D eigenvalue weighted by Gasteiger charge is -2.35. The van der Waals surface area contributed by atoms with Crippen LogP contribution in [0.1, 0.15) is 90.8 Å². The van der Waals surface area contributed by atoms with Crippen molar-refractivity contribution in [3.8, 4) is 0 Å². The number of rotatable bonds is 14. The Bertz CT molecular complexity index is 941. The topological polar surface area (TPSA) is 131 Å². The molecule has 9 heteroatoms. The molecule has 0 bridgehead atoms. The van der Waals surface area contributed by atoms with Crippen molar-refractivity contribution < 1.29 is 23.9 Å². The maximum Gasteiger partial charge on any atom is 0.408 e. The van der Waals surface area contributed by atoms with E-state index in [1.165, 1.54) is 4.90 Å². The second-order valence-corrected chi connectivity index (χ2v) is 10.2. The van der Waals surface area contributed by atoms with Gasteiger partial charge in [-0.05, 0) is 64.2 Å². The molecule has 1 rings (SSSR count). The SMILES string of the molecule is C=Cc1cccc(C(C(=O)NC(C)CCC)N(CCC)C(=O)C(CCC(N)=O)NC(=O)OC(C)(C)C)c1. The minimum absolute atomic E-state index is 0.0269. The summed E-state index contributed by atoms with van der Waals surface area (Å²) >= 11 is 0. The fourth-order valence-corrected chi connectivity index (χ4v) is 3.96. The van der Waals surface area contributed by atoms with Crippen LogP contribution >= 0.6 is 0 Å². The van der Waals surface area contributed by atoms with Crippen molar-refractivity contribution in [3.63, 3.8) is 0 Å². The molecule has 206 valence electrons. The molecule has 0 heterocycles. The lowest BCUT2D eigenvalue weighted by atomic mass is 9.99. The van der Waals surface area contributed by atoms with Crippen LogP contribution in [0, 0.1) is 0 Å². The molecule has 0 aromatic heterocycles. The average molecular weight is 517 g/mol. The van der Waals surface area contributed by atoms with Crippen molar-refractivity contribution in [1.82, 2.24) is 15.5 Å². The molecule has 0 radical (unpaired) electrons. The van der Waals surface area contributed by atoms with Gasteiger partial charge in [0, 0.05) is 19.0 Å². The quantitative estimate of drug-likeness (QED) is 0.343. The molecule has 1 aromatic rings. The van der Waals surface area contributed by atoms with Gasteiger partial charge in [-0.2, -0.15) is 0 Å². The molecule has 9 nitrogen and oxygen atoms in total. The van der Waals surface area contributed by atoms with Crippen molar-refractivity contribution in [2.75, 3.05) is 6.54 Å². The Labute approximate surface area is 221 Å². The predicted octanol–water partition coefficient (Wildman–Crippen LogP) is 4.07. The van der Waals surface area contributed by atoms with Crippen LogP contribution < -0.4 is 16.4 Å². The van der Waals surface area contributed by atoms with Crippen LogP contribution in [0.4, 0.5) is 4.79 Å². The molecule has 3 unspecified atom stereocenters. The van der Waals surface area contributed by atoms with Gasteiger partial charge in [-0.3, -0.25) is 14.4 Å². The van der Waals surface area contributed by atoms with Crippen LogP contribution in [-0.2, 0) is 19.1 Å². The third-order valence-corrected chi connectivity index (χ3v) is 5.55. The lowest BCUT2D eigenvalue weighted by Crippen LogP contribution is -2.54. The molecule has 0 spiro atoms. The summed E-state index contributed by atoms with van der Waals surface area (Å²) in [4.78, 5) is 53.1. The number of hydrogen-bond acceptors (Lipinski definition) is 5. The Hall–Kier alpha value is -3.36. The van der Waals surface area contributed by atoms with Crippen molar-refractivity contribution >= 4 is 29.9 Å². The van der Waals surface area contributed by atoms with Gasteiger partial charge < -0.3 is 26.0 Å². The van der Waals surface area contributed by atoms with E-state index in [0.717, 1.165) is 18.4 Å². The first-order chi connectivity index (χ1) is 17.3. The molecule has 37 heavy (non-hydrogen) atoms. The first kappa shape index (κ1) is 31.7. The van der Waals surface area contributed by atoms with E-state index in [4.69, 9.17) is 10.5 Å². The monoisotopic (exact) mass is 516 g/mol. The summed E-state index contributed by atoms with van der Waals surface area (Å²) in [5.74, 6) is -1.43. The maximum atomic E-state index is 13.9. The van der Waals surface area contributed by atoms with E-state index in [0.29, 0.717) is 12.0 Å². The fraction of sp³-hybridized carbons (Fsp3) is 0.571. The largest absolute Gasteiger partial charge is 0.444 e.